The number of amides is 2. The number of carbonyl (C=O) groups excluding carboxylic acids is 2. The fourth-order valence-corrected chi connectivity index (χ4v) is 3.73. The number of carbonyl (C=O) groups is 2. The van der Waals surface area contributed by atoms with Gasteiger partial charge in [0.05, 0.1) is 6.42 Å². The van der Waals surface area contributed by atoms with Gasteiger partial charge in [-0.1, -0.05) is 0 Å². The van der Waals surface area contributed by atoms with Gasteiger partial charge < -0.3 is 4.98 Å². The summed E-state index contributed by atoms with van der Waals surface area (Å²) in [5, 5.41) is 7.92. The second-order valence-electron chi connectivity index (χ2n) is 3.78. The van der Waals surface area contributed by atoms with Gasteiger partial charge in [0.15, 0.2) is 0 Å². The van der Waals surface area contributed by atoms with E-state index in [9.17, 15) is 26.4 Å². The highest BCUT2D eigenvalue weighted by Gasteiger charge is 2.69. The molecule has 1 aromatic heterocycles. The molecule has 0 radical (unpaired) electrons. The topological polar surface area (TPSA) is 182 Å². The molecule has 1 aromatic rings. The summed E-state index contributed by atoms with van der Waals surface area (Å²) < 4.78 is 56.7. The summed E-state index contributed by atoms with van der Waals surface area (Å²) in [5.41, 5.74) is 0. The van der Waals surface area contributed by atoms with Gasteiger partial charge in [-0.05, 0) is 12.1 Å². The number of rotatable bonds is 2. The third-order valence-electron chi connectivity index (χ3n) is 2.47. The zero-order chi connectivity index (χ0) is 16.5. The Labute approximate surface area is 118 Å². The predicted molar refractivity (Wildman–Crippen MR) is 64.9 cm³/mol. The molecule has 2 heterocycles. The average molecular weight is 342 g/mol. The Hall–Kier alpha value is -1.80. The van der Waals surface area contributed by atoms with Crippen LogP contribution in [0.15, 0.2) is 24.5 Å². The largest absolute Gasteiger partial charge is 0.368 e. The molecule has 2 rings (SSSR count). The lowest BCUT2D eigenvalue weighted by Gasteiger charge is -2.17. The third kappa shape index (κ3) is 2.96. The summed E-state index contributed by atoms with van der Waals surface area (Å²) in [6, 6.07) is 3.89. The zero-order valence-electron chi connectivity index (χ0n) is 10.1. The molecule has 0 aliphatic carbocycles. The Morgan fingerprint density at radius 3 is 1.62 bits per heavy atom. The van der Waals surface area contributed by atoms with E-state index in [2.05, 4.69) is 4.98 Å². The van der Waals surface area contributed by atoms with Crippen molar-refractivity contribution in [2.45, 2.75) is 10.5 Å². The number of hydroxylamine groups is 2. The number of imide groups is 1. The minimum Gasteiger partial charge on any atom is -0.368 e. The standard InChI is InChI=1S/C4H5NO9S2.C4H5N/c6-2-1-4(15(9,10)11,16(12,13)14)3(7)5(2)8;1-2-4-5-3-1/h8H,1H2,(H,9,10,11)(H,12,13,14);1-5H. The van der Waals surface area contributed by atoms with Crippen LogP contribution in [-0.2, 0) is 29.8 Å². The predicted octanol–water partition coefficient (Wildman–Crippen LogP) is -1.38. The monoisotopic (exact) mass is 342 g/mol. The minimum absolute atomic E-state index is 0.790. The van der Waals surface area contributed by atoms with Crippen molar-refractivity contribution in [3.8, 4) is 0 Å². The molecule has 0 spiro atoms. The molecule has 2 amide bonds. The first-order valence-corrected chi connectivity index (χ1v) is 7.91. The van der Waals surface area contributed by atoms with Crippen LogP contribution in [0.5, 0.6) is 0 Å². The lowest BCUT2D eigenvalue weighted by Crippen LogP contribution is -2.51. The Morgan fingerprint density at radius 1 is 1.05 bits per heavy atom. The molecule has 1 aliphatic rings. The number of hydrogen-bond acceptors (Lipinski definition) is 7. The Bertz CT molecular complexity index is 686. The van der Waals surface area contributed by atoms with Gasteiger partial charge in [0, 0.05) is 12.4 Å². The smallest absolute Gasteiger partial charge is 0.310 e. The fourth-order valence-electron chi connectivity index (χ4n) is 1.44. The van der Waals surface area contributed by atoms with Crippen LogP contribution < -0.4 is 0 Å². The first kappa shape index (κ1) is 17.3. The second kappa shape index (κ2) is 5.53. The van der Waals surface area contributed by atoms with Gasteiger partial charge in [0.2, 0.25) is 0 Å². The quantitative estimate of drug-likeness (QED) is 0.286. The van der Waals surface area contributed by atoms with Crippen molar-refractivity contribution in [2.75, 3.05) is 0 Å². The third-order valence-corrected chi connectivity index (χ3v) is 6.04. The van der Waals surface area contributed by atoms with Crippen molar-refractivity contribution in [1.82, 2.24) is 10.0 Å². The summed E-state index contributed by atoms with van der Waals surface area (Å²) >= 11 is 0. The molecule has 0 saturated carbocycles. The van der Waals surface area contributed by atoms with Crippen molar-refractivity contribution in [3.63, 3.8) is 0 Å². The van der Waals surface area contributed by atoms with E-state index in [-0.39, 0.29) is 0 Å². The molecule has 11 nitrogen and oxygen atoms in total. The molecule has 4 N–H and O–H groups in total. The molecule has 118 valence electrons. The van der Waals surface area contributed by atoms with Crippen molar-refractivity contribution < 1.29 is 40.7 Å². The number of H-pyrrole nitrogens is 1. The van der Waals surface area contributed by atoms with Crippen LogP contribution in [0.2, 0.25) is 0 Å². The Balaban J connectivity index is 0.000000369. The van der Waals surface area contributed by atoms with E-state index in [1.165, 1.54) is 0 Å². The zero-order valence-corrected chi connectivity index (χ0v) is 11.7. The highest BCUT2D eigenvalue weighted by atomic mass is 32.3. The first-order chi connectivity index (χ1) is 9.45. The molecule has 0 unspecified atom stereocenters. The highest BCUT2D eigenvalue weighted by Crippen LogP contribution is 2.35. The van der Waals surface area contributed by atoms with Gasteiger partial charge in [-0.3, -0.25) is 23.9 Å². The molecule has 1 fully saturated rings. The number of aromatic nitrogens is 1. The van der Waals surface area contributed by atoms with Crippen LogP contribution >= 0.6 is 0 Å². The number of hydrogen-bond donors (Lipinski definition) is 4. The maximum absolute atomic E-state index is 11.1. The molecule has 1 saturated heterocycles. The van der Waals surface area contributed by atoms with Gasteiger partial charge in [0.25, 0.3) is 32.1 Å². The van der Waals surface area contributed by atoms with Crippen molar-refractivity contribution >= 4 is 32.1 Å². The molecule has 21 heavy (non-hydrogen) atoms. The normalized spacial score (nSPS) is 18.3. The number of nitrogens with one attached hydrogen (secondary N) is 1. The first-order valence-electron chi connectivity index (χ1n) is 5.03. The van der Waals surface area contributed by atoms with E-state index >= 15 is 0 Å². The number of nitrogens with zero attached hydrogens (tertiary/aromatic N) is 1. The SMILES string of the molecule is O=C1CC(S(=O)(=O)O)(S(=O)(=O)O)C(=O)N1O.c1cc[nH]c1. The van der Waals surface area contributed by atoms with Crippen molar-refractivity contribution in [1.29, 1.82) is 0 Å². The molecular weight excluding hydrogens is 332 g/mol. The van der Waals surface area contributed by atoms with Crippen LogP contribution in [0.3, 0.4) is 0 Å². The molecule has 13 heteroatoms. The van der Waals surface area contributed by atoms with E-state index in [1.54, 1.807) is 0 Å². The number of aromatic amines is 1. The molecule has 0 bridgehead atoms. The minimum atomic E-state index is -5.65. The Kier molecular flexibility index (Phi) is 4.54. The average Bonchev–Trinajstić information content (AvgIpc) is 2.94. The van der Waals surface area contributed by atoms with Crippen LogP contribution in [-0.4, -0.2) is 57.1 Å². The summed E-state index contributed by atoms with van der Waals surface area (Å²) in [6.45, 7) is 0. The van der Waals surface area contributed by atoms with E-state index in [1.807, 2.05) is 24.5 Å². The van der Waals surface area contributed by atoms with Gasteiger partial charge in [0.1, 0.15) is 0 Å². The van der Waals surface area contributed by atoms with E-state index < -0.39 is 47.6 Å². The van der Waals surface area contributed by atoms with Gasteiger partial charge >= 0.3 is 4.08 Å². The van der Waals surface area contributed by atoms with Crippen LogP contribution in [0.25, 0.3) is 0 Å². The lowest BCUT2D eigenvalue weighted by atomic mass is 10.3. The van der Waals surface area contributed by atoms with Crippen LogP contribution in [0.4, 0.5) is 0 Å². The molecule has 0 aromatic carbocycles. The van der Waals surface area contributed by atoms with E-state index in [0.717, 1.165) is 0 Å². The van der Waals surface area contributed by atoms with Gasteiger partial charge in [-0.2, -0.15) is 21.9 Å². The Morgan fingerprint density at radius 2 is 1.48 bits per heavy atom. The van der Waals surface area contributed by atoms with Gasteiger partial charge in [-0.15, -0.1) is 0 Å². The second-order valence-corrected chi connectivity index (χ2v) is 7.33. The van der Waals surface area contributed by atoms with Crippen molar-refractivity contribution in [3.05, 3.63) is 24.5 Å². The molecule has 0 atom stereocenters. The fraction of sp³-hybridized carbons (Fsp3) is 0.250. The van der Waals surface area contributed by atoms with Crippen LogP contribution in [0.1, 0.15) is 6.42 Å². The lowest BCUT2D eigenvalue weighted by molar-refractivity contribution is -0.171. The molecule has 1 aliphatic heterocycles. The van der Waals surface area contributed by atoms with Crippen molar-refractivity contribution in [2.24, 2.45) is 0 Å². The maximum atomic E-state index is 11.1. The van der Waals surface area contributed by atoms with E-state index in [4.69, 9.17) is 14.3 Å². The summed E-state index contributed by atoms with van der Waals surface area (Å²) in [6.07, 6.45) is 2.15. The van der Waals surface area contributed by atoms with Crippen LogP contribution in [0, 0.1) is 0 Å². The van der Waals surface area contributed by atoms with Gasteiger partial charge in [-0.25, -0.2) is 0 Å². The summed E-state index contributed by atoms with van der Waals surface area (Å²) in [5.74, 6) is -3.73. The maximum Gasteiger partial charge on any atom is 0.310 e. The van der Waals surface area contributed by atoms with E-state index in [0.29, 0.717) is 0 Å². The highest BCUT2D eigenvalue weighted by molar-refractivity contribution is 8.06. The summed E-state index contributed by atoms with van der Waals surface area (Å²) in [4.78, 5) is 24.8. The summed E-state index contributed by atoms with van der Waals surface area (Å²) in [7, 11) is -11.3. The molecular formula is C8H10N2O9S2.